The second-order valence-corrected chi connectivity index (χ2v) is 9.08. The van der Waals surface area contributed by atoms with Gasteiger partial charge in [0.2, 0.25) is 0 Å². The molecule has 1 saturated carbocycles. The highest BCUT2D eigenvalue weighted by molar-refractivity contribution is 6.04. The van der Waals surface area contributed by atoms with Gasteiger partial charge in [0.1, 0.15) is 0 Å². The number of benzene rings is 3. The zero-order valence-electron chi connectivity index (χ0n) is 18.5. The Morgan fingerprint density at radius 2 is 1.56 bits per heavy atom. The van der Waals surface area contributed by atoms with Crippen LogP contribution in [0.5, 0.6) is 0 Å². The fraction of sp³-hybridized carbons (Fsp3) is 0.296. The maximum Gasteiger partial charge on any atom is 0.255 e. The van der Waals surface area contributed by atoms with Crippen molar-refractivity contribution >= 4 is 17.3 Å². The quantitative estimate of drug-likeness (QED) is 0.647. The van der Waals surface area contributed by atoms with Crippen LogP contribution in [-0.2, 0) is 5.54 Å². The van der Waals surface area contributed by atoms with Crippen LogP contribution in [0.25, 0.3) is 0 Å². The number of nitrogens with one attached hydrogen (secondary N) is 1. The van der Waals surface area contributed by atoms with Gasteiger partial charge >= 0.3 is 0 Å². The largest absolute Gasteiger partial charge is 0.369 e. The lowest BCUT2D eigenvalue weighted by Gasteiger charge is -2.34. The summed E-state index contributed by atoms with van der Waals surface area (Å²) in [5.74, 6) is 0.225. The van der Waals surface area contributed by atoms with Gasteiger partial charge in [-0.15, -0.1) is 0 Å². The monoisotopic (exact) mass is 426 g/mol. The number of piperazine rings is 1. The highest BCUT2D eigenvalue weighted by Crippen LogP contribution is 2.56. The number of carbonyl (C=O) groups excluding carboxylic acids is 1. The van der Waals surface area contributed by atoms with E-state index in [9.17, 15) is 4.79 Å². The maximum atomic E-state index is 12.7. The first-order valence-electron chi connectivity index (χ1n) is 11.3. The summed E-state index contributed by atoms with van der Waals surface area (Å²) >= 11 is 0. The Balaban J connectivity index is 1.20. The molecule has 0 radical (unpaired) electrons. The molecule has 5 heteroatoms. The van der Waals surface area contributed by atoms with Crippen LogP contribution in [0.3, 0.4) is 0 Å². The number of anilines is 2. The molecule has 3 aromatic carbocycles. The molecule has 1 aliphatic heterocycles. The third-order valence-electron chi connectivity index (χ3n) is 6.88. The van der Waals surface area contributed by atoms with E-state index < -0.39 is 0 Å². The molecule has 0 aromatic heterocycles. The summed E-state index contributed by atoms with van der Waals surface area (Å²) in [5.41, 5.74) is 11.4. The van der Waals surface area contributed by atoms with E-state index in [-0.39, 0.29) is 11.4 Å². The van der Waals surface area contributed by atoms with Gasteiger partial charge in [-0.2, -0.15) is 0 Å². The summed E-state index contributed by atoms with van der Waals surface area (Å²) in [7, 11) is 2.15. The zero-order chi connectivity index (χ0) is 22.1. The number of likely N-dealkylation sites (N-methyl/N-ethyl adjacent to an activating group) is 1. The molecule has 2 atom stereocenters. The lowest BCUT2D eigenvalue weighted by Crippen LogP contribution is -2.44. The van der Waals surface area contributed by atoms with Crippen LogP contribution in [0.15, 0.2) is 78.9 Å². The molecule has 1 aliphatic carbocycles. The fourth-order valence-corrected chi connectivity index (χ4v) is 4.65. The number of hydrogen-bond acceptors (Lipinski definition) is 4. The zero-order valence-corrected chi connectivity index (χ0v) is 18.5. The van der Waals surface area contributed by atoms with Gasteiger partial charge in [0, 0.05) is 54.6 Å². The molecule has 32 heavy (non-hydrogen) atoms. The van der Waals surface area contributed by atoms with E-state index in [4.69, 9.17) is 5.73 Å². The average Bonchev–Trinajstić information content (AvgIpc) is 3.53. The number of carbonyl (C=O) groups is 1. The molecule has 0 unspecified atom stereocenters. The van der Waals surface area contributed by atoms with Crippen molar-refractivity contribution in [3.05, 3.63) is 95.6 Å². The first kappa shape index (κ1) is 20.7. The molecule has 164 valence electrons. The summed E-state index contributed by atoms with van der Waals surface area (Å²) in [6, 6.07) is 26.3. The van der Waals surface area contributed by atoms with Crippen molar-refractivity contribution in [3.8, 4) is 0 Å². The Labute approximate surface area is 189 Å². The van der Waals surface area contributed by atoms with Crippen molar-refractivity contribution in [2.45, 2.75) is 17.9 Å². The van der Waals surface area contributed by atoms with Crippen molar-refractivity contribution in [2.24, 2.45) is 5.73 Å². The van der Waals surface area contributed by atoms with Gasteiger partial charge in [-0.3, -0.25) is 4.79 Å². The SMILES string of the molecule is CN1CCN(c2ccc(C(=O)Nc3ccc([C@@H]4C[C@@]4(N)c4ccccc4)cc3)cc2)CC1. The maximum absolute atomic E-state index is 12.7. The molecule has 3 aromatic rings. The van der Waals surface area contributed by atoms with Crippen molar-refractivity contribution in [3.63, 3.8) is 0 Å². The molecule has 0 spiro atoms. The van der Waals surface area contributed by atoms with Crippen LogP contribution in [0.1, 0.15) is 33.8 Å². The summed E-state index contributed by atoms with van der Waals surface area (Å²) in [6.45, 7) is 4.17. The second kappa shape index (κ2) is 8.41. The van der Waals surface area contributed by atoms with Crippen LogP contribution < -0.4 is 16.0 Å². The van der Waals surface area contributed by atoms with Gasteiger partial charge in [0.25, 0.3) is 5.91 Å². The van der Waals surface area contributed by atoms with E-state index in [1.807, 2.05) is 54.6 Å². The van der Waals surface area contributed by atoms with Gasteiger partial charge in [0.05, 0.1) is 0 Å². The number of nitrogens with two attached hydrogens (primary N) is 1. The van der Waals surface area contributed by atoms with Gasteiger partial charge in [-0.1, -0.05) is 42.5 Å². The second-order valence-electron chi connectivity index (χ2n) is 9.08. The number of amides is 1. The van der Waals surface area contributed by atoms with Gasteiger partial charge in [-0.25, -0.2) is 0 Å². The van der Waals surface area contributed by atoms with E-state index in [1.165, 1.54) is 16.8 Å². The van der Waals surface area contributed by atoms with Crippen molar-refractivity contribution in [1.82, 2.24) is 4.90 Å². The van der Waals surface area contributed by atoms with Gasteiger partial charge < -0.3 is 20.9 Å². The smallest absolute Gasteiger partial charge is 0.255 e. The normalized spacial score (nSPS) is 23.1. The summed E-state index contributed by atoms with van der Waals surface area (Å²) in [6.07, 6.45) is 0.947. The molecular formula is C27H30N4O. The molecule has 1 saturated heterocycles. The predicted octanol–water partition coefficient (Wildman–Crippen LogP) is 4.03. The van der Waals surface area contributed by atoms with Gasteiger partial charge in [-0.05, 0) is 61.0 Å². The Kier molecular flexibility index (Phi) is 5.45. The minimum Gasteiger partial charge on any atom is -0.369 e. The summed E-state index contributed by atoms with van der Waals surface area (Å²) in [5, 5.41) is 3.01. The fourth-order valence-electron chi connectivity index (χ4n) is 4.65. The molecular weight excluding hydrogens is 396 g/mol. The van der Waals surface area contributed by atoms with Crippen molar-refractivity contribution in [1.29, 1.82) is 0 Å². The number of hydrogen-bond donors (Lipinski definition) is 2. The van der Waals surface area contributed by atoms with E-state index >= 15 is 0 Å². The van der Waals surface area contributed by atoms with Crippen LogP contribution in [0.2, 0.25) is 0 Å². The first-order chi connectivity index (χ1) is 15.5. The lowest BCUT2D eigenvalue weighted by molar-refractivity contribution is 0.102. The molecule has 0 bridgehead atoms. The molecule has 1 amide bonds. The van der Waals surface area contributed by atoms with Crippen LogP contribution in [0.4, 0.5) is 11.4 Å². The third-order valence-corrected chi connectivity index (χ3v) is 6.88. The molecule has 3 N–H and O–H groups in total. The Hall–Kier alpha value is -3.15. The first-order valence-corrected chi connectivity index (χ1v) is 11.3. The number of rotatable bonds is 5. The van der Waals surface area contributed by atoms with Crippen LogP contribution >= 0.6 is 0 Å². The van der Waals surface area contributed by atoms with E-state index in [0.29, 0.717) is 11.5 Å². The minimum absolute atomic E-state index is 0.0912. The highest BCUT2D eigenvalue weighted by Gasteiger charge is 2.52. The van der Waals surface area contributed by atoms with Crippen molar-refractivity contribution in [2.75, 3.05) is 43.4 Å². The molecule has 5 rings (SSSR count). The van der Waals surface area contributed by atoms with Crippen molar-refractivity contribution < 1.29 is 4.79 Å². The average molecular weight is 427 g/mol. The predicted molar refractivity (Wildman–Crippen MR) is 130 cm³/mol. The lowest BCUT2D eigenvalue weighted by atomic mass is 9.99. The number of nitrogens with zero attached hydrogens (tertiary/aromatic N) is 2. The van der Waals surface area contributed by atoms with Gasteiger partial charge in [0.15, 0.2) is 0 Å². The highest BCUT2D eigenvalue weighted by atomic mass is 16.1. The standard InChI is InChI=1S/C27H30N4O/c1-30-15-17-31(18-16-30)24-13-9-21(10-14-24)26(32)29-23-11-7-20(8-12-23)25-19-27(25,28)22-5-3-2-4-6-22/h2-14,25H,15-19,28H2,1H3,(H,29,32)/t25-,27+/m0/s1. The van der Waals surface area contributed by atoms with E-state index in [1.54, 1.807) is 0 Å². The Morgan fingerprint density at radius 1 is 0.906 bits per heavy atom. The van der Waals surface area contributed by atoms with E-state index in [0.717, 1.165) is 38.3 Å². The Morgan fingerprint density at radius 3 is 2.22 bits per heavy atom. The third kappa shape index (κ3) is 4.14. The summed E-state index contributed by atoms with van der Waals surface area (Å²) in [4.78, 5) is 17.4. The van der Waals surface area contributed by atoms with Crippen LogP contribution in [-0.4, -0.2) is 44.0 Å². The van der Waals surface area contributed by atoms with Crippen LogP contribution in [0, 0.1) is 0 Å². The topological polar surface area (TPSA) is 61.6 Å². The minimum atomic E-state index is -0.280. The molecule has 2 aliphatic rings. The molecule has 2 fully saturated rings. The Bertz CT molecular complexity index is 1070. The molecule has 1 heterocycles. The molecule has 5 nitrogen and oxygen atoms in total. The summed E-state index contributed by atoms with van der Waals surface area (Å²) < 4.78 is 0. The van der Waals surface area contributed by atoms with E-state index in [2.05, 4.69) is 46.4 Å².